The van der Waals surface area contributed by atoms with E-state index in [1.165, 1.54) is 12.0 Å². The molecule has 3 heteroatoms. The van der Waals surface area contributed by atoms with E-state index in [2.05, 4.69) is 18.3 Å². The minimum absolute atomic E-state index is 0.588. The fraction of sp³-hybridized carbons (Fsp3) is 0.667. The van der Waals surface area contributed by atoms with Crippen molar-refractivity contribution < 1.29 is 9.15 Å². The molecule has 1 N–H and O–H groups in total. The van der Waals surface area contributed by atoms with Crippen molar-refractivity contribution in [1.29, 1.82) is 0 Å². The van der Waals surface area contributed by atoms with Gasteiger partial charge in [-0.25, -0.2) is 0 Å². The molecule has 0 aliphatic carbocycles. The van der Waals surface area contributed by atoms with E-state index in [0.29, 0.717) is 6.61 Å². The van der Waals surface area contributed by atoms with Crippen molar-refractivity contribution in [3.8, 4) is 0 Å². The van der Waals surface area contributed by atoms with Gasteiger partial charge in [-0.1, -0.05) is 13.3 Å². The molecule has 0 fully saturated rings. The summed E-state index contributed by atoms with van der Waals surface area (Å²) in [6, 6.07) is 2.07. The van der Waals surface area contributed by atoms with Gasteiger partial charge in [-0.2, -0.15) is 0 Å². The van der Waals surface area contributed by atoms with Gasteiger partial charge in [0, 0.05) is 18.7 Å². The average Bonchev–Trinajstić information content (AvgIpc) is 2.55. The third kappa shape index (κ3) is 4.06. The molecule has 0 saturated carbocycles. The first kappa shape index (κ1) is 12.3. The van der Waals surface area contributed by atoms with Crippen molar-refractivity contribution >= 4 is 0 Å². The van der Waals surface area contributed by atoms with E-state index >= 15 is 0 Å². The number of unbranched alkanes of at least 4 members (excludes halogenated alkanes) is 1. The maximum atomic E-state index is 5.58. The Morgan fingerprint density at radius 2 is 2.27 bits per heavy atom. The van der Waals surface area contributed by atoms with Crippen LogP contribution in [0.25, 0.3) is 0 Å². The van der Waals surface area contributed by atoms with Gasteiger partial charge in [0.05, 0.1) is 0 Å². The molecule has 0 radical (unpaired) electrons. The zero-order valence-electron chi connectivity index (χ0n) is 9.93. The lowest BCUT2D eigenvalue weighted by atomic mass is 10.2. The molecule has 0 saturated heterocycles. The molecular weight excluding hydrogens is 190 g/mol. The molecular formula is C12H21NO2. The predicted octanol–water partition coefficient (Wildman–Crippen LogP) is 2.62. The van der Waals surface area contributed by atoms with Gasteiger partial charge in [0.2, 0.25) is 0 Å². The molecule has 3 nitrogen and oxygen atoms in total. The Balaban J connectivity index is 2.37. The van der Waals surface area contributed by atoms with E-state index in [9.17, 15) is 0 Å². The van der Waals surface area contributed by atoms with Crippen molar-refractivity contribution in [2.75, 3.05) is 13.7 Å². The standard InChI is InChI=1S/C12H21NO2/c1-4-5-6-14-9-12-7-11(8-13-3)10(2)15-12/h7,13H,4-6,8-9H2,1-3H3. The summed E-state index contributed by atoms with van der Waals surface area (Å²) < 4.78 is 11.1. The Morgan fingerprint density at radius 3 is 2.93 bits per heavy atom. The smallest absolute Gasteiger partial charge is 0.130 e. The topological polar surface area (TPSA) is 34.4 Å². The van der Waals surface area contributed by atoms with E-state index in [0.717, 1.165) is 31.1 Å². The first-order chi connectivity index (χ1) is 7.27. The maximum Gasteiger partial charge on any atom is 0.130 e. The van der Waals surface area contributed by atoms with Crippen LogP contribution >= 0.6 is 0 Å². The van der Waals surface area contributed by atoms with Gasteiger partial charge >= 0.3 is 0 Å². The van der Waals surface area contributed by atoms with E-state index in [1.807, 2.05) is 14.0 Å². The fourth-order valence-electron chi connectivity index (χ4n) is 1.44. The Bertz CT molecular complexity index is 281. The predicted molar refractivity (Wildman–Crippen MR) is 60.8 cm³/mol. The molecule has 1 heterocycles. The van der Waals surface area contributed by atoms with E-state index in [4.69, 9.17) is 9.15 Å². The molecule has 0 bridgehead atoms. The zero-order chi connectivity index (χ0) is 11.1. The molecule has 1 aromatic heterocycles. The minimum atomic E-state index is 0.588. The second-order valence-corrected chi connectivity index (χ2v) is 3.73. The average molecular weight is 211 g/mol. The van der Waals surface area contributed by atoms with Crippen LogP contribution in [-0.2, 0) is 17.9 Å². The fourth-order valence-corrected chi connectivity index (χ4v) is 1.44. The first-order valence-corrected chi connectivity index (χ1v) is 5.58. The molecule has 1 rings (SSSR count). The second-order valence-electron chi connectivity index (χ2n) is 3.73. The summed E-state index contributed by atoms with van der Waals surface area (Å²) in [5, 5.41) is 3.11. The van der Waals surface area contributed by atoms with Gasteiger partial charge in [0.15, 0.2) is 0 Å². The van der Waals surface area contributed by atoms with E-state index < -0.39 is 0 Å². The highest BCUT2D eigenvalue weighted by molar-refractivity contribution is 5.20. The van der Waals surface area contributed by atoms with Crippen molar-refractivity contribution in [1.82, 2.24) is 5.32 Å². The Labute approximate surface area is 91.8 Å². The third-order valence-corrected chi connectivity index (χ3v) is 2.33. The zero-order valence-corrected chi connectivity index (χ0v) is 9.93. The summed E-state index contributed by atoms with van der Waals surface area (Å²) in [6.07, 6.45) is 2.28. The number of nitrogens with one attached hydrogen (secondary N) is 1. The van der Waals surface area contributed by atoms with Crippen LogP contribution in [0.5, 0.6) is 0 Å². The molecule has 15 heavy (non-hydrogen) atoms. The quantitative estimate of drug-likeness (QED) is 0.704. The van der Waals surface area contributed by atoms with Gasteiger partial charge in [0.25, 0.3) is 0 Å². The molecule has 0 aliphatic rings. The molecule has 0 atom stereocenters. The lowest BCUT2D eigenvalue weighted by Gasteiger charge is -1.99. The van der Waals surface area contributed by atoms with Crippen LogP contribution in [0.4, 0.5) is 0 Å². The number of furan rings is 1. The molecule has 0 aliphatic heterocycles. The number of aryl methyl sites for hydroxylation is 1. The lowest BCUT2D eigenvalue weighted by molar-refractivity contribution is 0.103. The van der Waals surface area contributed by atoms with Gasteiger partial charge in [-0.15, -0.1) is 0 Å². The van der Waals surface area contributed by atoms with Gasteiger partial charge in [-0.05, 0) is 26.5 Å². The maximum absolute atomic E-state index is 5.58. The molecule has 1 aromatic rings. The van der Waals surface area contributed by atoms with Crippen molar-refractivity contribution in [2.45, 2.75) is 39.8 Å². The van der Waals surface area contributed by atoms with Crippen LogP contribution in [0.1, 0.15) is 36.8 Å². The summed E-state index contributed by atoms with van der Waals surface area (Å²) in [5.41, 5.74) is 1.21. The number of rotatable bonds is 7. The summed E-state index contributed by atoms with van der Waals surface area (Å²) >= 11 is 0. The summed E-state index contributed by atoms with van der Waals surface area (Å²) in [5.74, 6) is 1.91. The van der Waals surface area contributed by atoms with E-state index in [1.54, 1.807) is 0 Å². The highest BCUT2D eigenvalue weighted by Crippen LogP contribution is 2.15. The largest absolute Gasteiger partial charge is 0.464 e. The Hall–Kier alpha value is -0.800. The number of hydrogen-bond donors (Lipinski definition) is 1. The molecule has 0 unspecified atom stereocenters. The van der Waals surface area contributed by atoms with Crippen LogP contribution in [0, 0.1) is 6.92 Å². The van der Waals surface area contributed by atoms with E-state index in [-0.39, 0.29) is 0 Å². The molecule has 0 amide bonds. The van der Waals surface area contributed by atoms with Crippen molar-refractivity contribution in [3.05, 3.63) is 23.2 Å². The van der Waals surface area contributed by atoms with Gasteiger partial charge in [0.1, 0.15) is 18.1 Å². The number of ether oxygens (including phenoxy) is 1. The second kappa shape index (κ2) is 6.64. The van der Waals surface area contributed by atoms with Crippen LogP contribution in [0.15, 0.2) is 10.5 Å². The Kier molecular flexibility index (Phi) is 5.43. The highest BCUT2D eigenvalue weighted by atomic mass is 16.5. The summed E-state index contributed by atoms with van der Waals surface area (Å²) in [7, 11) is 1.93. The summed E-state index contributed by atoms with van der Waals surface area (Å²) in [6.45, 7) is 6.40. The third-order valence-electron chi connectivity index (χ3n) is 2.33. The number of hydrogen-bond acceptors (Lipinski definition) is 3. The van der Waals surface area contributed by atoms with Crippen LogP contribution in [-0.4, -0.2) is 13.7 Å². The minimum Gasteiger partial charge on any atom is -0.464 e. The molecule has 86 valence electrons. The molecule has 0 aromatic carbocycles. The first-order valence-electron chi connectivity index (χ1n) is 5.58. The highest BCUT2D eigenvalue weighted by Gasteiger charge is 2.06. The van der Waals surface area contributed by atoms with Crippen LogP contribution < -0.4 is 5.32 Å². The Morgan fingerprint density at radius 1 is 1.47 bits per heavy atom. The van der Waals surface area contributed by atoms with Gasteiger partial charge < -0.3 is 14.5 Å². The van der Waals surface area contributed by atoms with Crippen LogP contribution in [0.3, 0.4) is 0 Å². The monoisotopic (exact) mass is 211 g/mol. The lowest BCUT2D eigenvalue weighted by Crippen LogP contribution is -2.04. The normalized spacial score (nSPS) is 10.9. The van der Waals surface area contributed by atoms with Gasteiger partial charge in [-0.3, -0.25) is 0 Å². The summed E-state index contributed by atoms with van der Waals surface area (Å²) in [4.78, 5) is 0. The molecule has 0 spiro atoms. The van der Waals surface area contributed by atoms with Crippen LogP contribution in [0.2, 0.25) is 0 Å². The van der Waals surface area contributed by atoms with Crippen molar-refractivity contribution in [3.63, 3.8) is 0 Å². The SMILES string of the molecule is CCCCOCc1cc(CNC)c(C)o1. The van der Waals surface area contributed by atoms with Crippen molar-refractivity contribution in [2.24, 2.45) is 0 Å².